The molecule has 1 atom stereocenters. The van der Waals surface area contributed by atoms with Gasteiger partial charge in [-0.05, 0) is 60.2 Å². The predicted octanol–water partition coefficient (Wildman–Crippen LogP) is 6.24. The second-order valence-electron chi connectivity index (χ2n) is 7.56. The average molecular weight is 511 g/mol. The van der Waals surface area contributed by atoms with Gasteiger partial charge in [0.1, 0.15) is 11.5 Å². The maximum absolute atomic E-state index is 13.3. The van der Waals surface area contributed by atoms with Crippen molar-refractivity contribution in [1.29, 1.82) is 0 Å². The lowest BCUT2D eigenvalue weighted by atomic mass is 9.95. The summed E-state index contributed by atoms with van der Waals surface area (Å²) in [7, 11) is 1.53. The van der Waals surface area contributed by atoms with Crippen LogP contribution in [0.25, 0.3) is 16.0 Å². The number of rotatable bonds is 4. The number of carbonyl (C=O) groups excluding carboxylic acids is 2. The topological polar surface area (TPSA) is 79.7 Å². The lowest BCUT2D eigenvalue weighted by Gasteiger charge is -2.23. The SMILES string of the molecule is COc1cccc(C2C(=C(O)c3ccc(Cl)cc3)C(=O)C(=O)N2c2nc3ccc(Cl)cc3s2)c1. The molecule has 3 aromatic carbocycles. The van der Waals surface area contributed by atoms with Gasteiger partial charge in [0.25, 0.3) is 5.78 Å². The molecule has 34 heavy (non-hydrogen) atoms. The number of nitrogens with zero attached hydrogens (tertiary/aromatic N) is 2. The Morgan fingerprint density at radius 3 is 2.50 bits per heavy atom. The third-order valence-corrected chi connectivity index (χ3v) is 7.02. The van der Waals surface area contributed by atoms with E-state index in [0.29, 0.717) is 37.6 Å². The van der Waals surface area contributed by atoms with Gasteiger partial charge in [-0.25, -0.2) is 4.98 Å². The van der Waals surface area contributed by atoms with Crippen molar-refractivity contribution in [3.8, 4) is 5.75 Å². The molecule has 1 aliphatic rings. The summed E-state index contributed by atoms with van der Waals surface area (Å²) in [5, 5.41) is 12.5. The summed E-state index contributed by atoms with van der Waals surface area (Å²) < 4.78 is 6.12. The third kappa shape index (κ3) is 3.81. The van der Waals surface area contributed by atoms with Gasteiger partial charge in [-0.2, -0.15) is 0 Å². The van der Waals surface area contributed by atoms with Crippen LogP contribution in [0, 0.1) is 0 Å². The number of Topliss-reactive ketones (excluding diaryl/α,β-unsaturated/α-hetero) is 1. The Hall–Kier alpha value is -3.39. The Morgan fingerprint density at radius 2 is 1.76 bits per heavy atom. The highest BCUT2D eigenvalue weighted by atomic mass is 35.5. The molecule has 0 aliphatic carbocycles. The number of amides is 1. The molecule has 1 amide bonds. The number of hydrogen-bond acceptors (Lipinski definition) is 6. The molecule has 1 unspecified atom stereocenters. The van der Waals surface area contributed by atoms with E-state index in [1.54, 1.807) is 66.7 Å². The number of aromatic nitrogens is 1. The van der Waals surface area contributed by atoms with Crippen molar-refractivity contribution < 1.29 is 19.4 Å². The summed E-state index contributed by atoms with van der Waals surface area (Å²) in [4.78, 5) is 32.5. The maximum Gasteiger partial charge on any atom is 0.301 e. The monoisotopic (exact) mass is 510 g/mol. The number of thiazole rings is 1. The van der Waals surface area contributed by atoms with Crippen molar-refractivity contribution in [2.24, 2.45) is 0 Å². The molecule has 1 N–H and O–H groups in total. The molecule has 5 rings (SSSR count). The number of ether oxygens (including phenoxy) is 1. The highest BCUT2D eigenvalue weighted by Crippen LogP contribution is 2.45. The molecule has 4 aromatic rings. The summed E-state index contributed by atoms with van der Waals surface area (Å²) in [6.45, 7) is 0. The van der Waals surface area contributed by atoms with Crippen molar-refractivity contribution in [2.45, 2.75) is 6.04 Å². The van der Waals surface area contributed by atoms with Gasteiger partial charge in [0.05, 0.1) is 28.9 Å². The van der Waals surface area contributed by atoms with Crippen LogP contribution in [0.2, 0.25) is 10.0 Å². The Kier molecular flexibility index (Phi) is 5.77. The second-order valence-corrected chi connectivity index (χ2v) is 9.44. The van der Waals surface area contributed by atoms with Crippen LogP contribution in [0.1, 0.15) is 17.2 Å². The number of methoxy groups -OCH3 is 1. The first-order valence-corrected chi connectivity index (χ1v) is 11.7. The van der Waals surface area contributed by atoms with E-state index in [9.17, 15) is 14.7 Å². The number of anilines is 1. The smallest absolute Gasteiger partial charge is 0.301 e. The quantitative estimate of drug-likeness (QED) is 0.199. The zero-order valence-corrected chi connectivity index (χ0v) is 20.0. The number of ketones is 1. The lowest BCUT2D eigenvalue weighted by Crippen LogP contribution is -2.29. The number of hydrogen-bond donors (Lipinski definition) is 1. The van der Waals surface area contributed by atoms with Crippen LogP contribution in [0.4, 0.5) is 5.13 Å². The molecule has 0 bridgehead atoms. The summed E-state index contributed by atoms with van der Waals surface area (Å²) in [5.41, 5.74) is 1.56. The molecule has 170 valence electrons. The molecule has 0 radical (unpaired) electrons. The normalized spacial score (nSPS) is 17.5. The molecule has 1 aliphatic heterocycles. The Labute approximate surface area is 208 Å². The van der Waals surface area contributed by atoms with Crippen LogP contribution in [0.3, 0.4) is 0 Å². The fourth-order valence-electron chi connectivity index (χ4n) is 3.91. The molecule has 2 heterocycles. The highest BCUT2D eigenvalue weighted by Gasteiger charge is 2.48. The van der Waals surface area contributed by atoms with Gasteiger partial charge in [-0.1, -0.05) is 46.7 Å². The van der Waals surface area contributed by atoms with Crippen molar-refractivity contribution in [3.63, 3.8) is 0 Å². The van der Waals surface area contributed by atoms with E-state index in [2.05, 4.69) is 4.98 Å². The van der Waals surface area contributed by atoms with Crippen molar-refractivity contribution in [3.05, 3.63) is 93.5 Å². The van der Waals surface area contributed by atoms with Crippen LogP contribution in [-0.2, 0) is 9.59 Å². The molecule has 1 aromatic heterocycles. The summed E-state index contributed by atoms with van der Waals surface area (Å²) in [5.74, 6) is -1.34. The second kappa shape index (κ2) is 8.76. The maximum atomic E-state index is 13.3. The summed E-state index contributed by atoms with van der Waals surface area (Å²) in [6, 6.07) is 17.7. The molecule has 0 spiro atoms. The fraction of sp³-hybridized carbons (Fsp3) is 0.0800. The van der Waals surface area contributed by atoms with Gasteiger partial charge < -0.3 is 9.84 Å². The number of benzene rings is 3. The number of carbonyl (C=O) groups is 2. The first-order chi connectivity index (χ1) is 16.4. The molecule has 9 heteroatoms. The molecule has 1 saturated heterocycles. The summed E-state index contributed by atoms with van der Waals surface area (Å²) in [6.07, 6.45) is 0. The van der Waals surface area contributed by atoms with Gasteiger partial charge in [-0.15, -0.1) is 0 Å². The zero-order valence-electron chi connectivity index (χ0n) is 17.7. The highest BCUT2D eigenvalue weighted by molar-refractivity contribution is 7.22. The van der Waals surface area contributed by atoms with Crippen LogP contribution >= 0.6 is 34.5 Å². The number of aliphatic hydroxyl groups excluding tert-OH is 1. The van der Waals surface area contributed by atoms with Crippen LogP contribution in [0.15, 0.2) is 72.3 Å². The van der Waals surface area contributed by atoms with Gasteiger partial charge >= 0.3 is 5.91 Å². The standard InChI is InChI=1S/C25H16Cl2N2O4S/c1-33-17-4-2-3-14(11-17)21-20(22(30)13-5-7-15(26)8-6-13)23(31)24(32)29(21)25-28-18-10-9-16(27)12-19(18)34-25/h2-12,21,30H,1H3. The van der Waals surface area contributed by atoms with Crippen LogP contribution < -0.4 is 9.64 Å². The van der Waals surface area contributed by atoms with Gasteiger partial charge in [0, 0.05) is 15.6 Å². The molecular formula is C25H16Cl2N2O4S. The van der Waals surface area contributed by atoms with Gasteiger partial charge in [0.2, 0.25) is 0 Å². The van der Waals surface area contributed by atoms with E-state index in [0.717, 1.165) is 4.70 Å². The van der Waals surface area contributed by atoms with E-state index in [-0.39, 0.29) is 11.3 Å². The van der Waals surface area contributed by atoms with Crippen molar-refractivity contribution in [2.75, 3.05) is 12.0 Å². The minimum absolute atomic E-state index is 0.0436. The zero-order chi connectivity index (χ0) is 24.0. The molecule has 0 saturated carbocycles. The van der Waals surface area contributed by atoms with E-state index in [4.69, 9.17) is 27.9 Å². The summed E-state index contributed by atoms with van der Waals surface area (Å²) >= 11 is 13.3. The first kappa shape index (κ1) is 22.4. The minimum atomic E-state index is -0.915. The Balaban J connectivity index is 1.74. The van der Waals surface area contributed by atoms with E-state index in [1.807, 2.05) is 0 Å². The number of halogens is 2. The average Bonchev–Trinajstić information content (AvgIpc) is 3.37. The third-order valence-electron chi connectivity index (χ3n) is 5.52. The Bertz CT molecular complexity index is 1480. The van der Waals surface area contributed by atoms with Crippen LogP contribution in [-0.4, -0.2) is 28.9 Å². The van der Waals surface area contributed by atoms with Crippen LogP contribution in [0.5, 0.6) is 5.75 Å². The lowest BCUT2D eigenvalue weighted by molar-refractivity contribution is -0.132. The van der Waals surface area contributed by atoms with E-state index < -0.39 is 17.7 Å². The van der Waals surface area contributed by atoms with Crippen molar-refractivity contribution >= 4 is 67.3 Å². The molecular weight excluding hydrogens is 495 g/mol. The minimum Gasteiger partial charge on any atom is -0.507 e. The largest absolute Gasteiger partial charge is 0.507 e. The number of aliphatic hydroxyl groups is 1. The predicted molar refractivity (Wildman–Crippen MR) is 134 cm³/mol. The van der Waals surface area contributed by atoms with E-state index in [1.165, 1.54) is 23.3 Å². The molecule has 6 nitrogen and oxygen atoms in total. The number of fused-ring (bicyclic) bond motifs is 1. The van der Waals surface area contributed by atoms with E-state index >= 15 is 0 Å². The molecule has 1 fully saturated rings. The van der Waals surface area contributed by atoms with Crippen molar-refractivity contribution in [1.82, 2.24) is 4.98 Å². The van der Waals surface area contributed by atoms with Gasteiger partial charge in [0.15, 0.2) is 5.13 Å². The fourth-order valence-corrected chi connectivity index (χ4v) is 5.30. The first-order valence-electron chi connectivity index (χ1n) is 10.1. The van der Waals surface area contributed by atoms with Gasteiger partial charge in [-0.3, -0.25) is 14.5 Å². The Morgan fingerprint density at radius 1 is 1.03 bits per heavy atom.